The van der Waals surface area contributed by atoms with Gasteiger partial charge in [-0.15, -0.1) is 24.0 Å². The quantitative estimate of drug-likeness (QED) is 0.342. The SMILES string of the molecule is CN=C(NCc1ccc(OC2CCCC2)nc1)NCC1COc2ccccc2O1.I. The van der Waals surface area contributed by atoms with Crippen LogP contribution in [0.3, 0.4) is 0 Å². The minimum absolute atomic E-state index is 0. The molecule has 0 bridgehead atoms. The van der Waals surface area contributed by atoms with Gasteiger partial charge < -0.3 is 24.8 Å². The van der Waals surface area contributed by atoms with Crippen molar-refractivity contribution in [3.05, 3.63) is 48.2 Å². The van der Waals surface area contributed by atoms with Crippen molar-refractivity contribution in [1.29, 1.82) is 0 Å². The highest BCUT2D eigenvalue weighted by Crippen LogP contribution is 2.30. The summed E-state index contributed by atoms with van der Waals surface area (Å²) in [6.07, 6.45) is 6.87. The van der Waals surface area contributed by atoms with Crippen LogP contribution in [0.15, 0.2) is 47.6 Å². The molecule has 4 rings (SSSR count). The van der Waals surface area contributed by atoms with Gasteiger partial charge in [0.05, 0.1) is 6.54 Å². The van der Waals surface area contributed by atoms with Gasteiger partial charge in [0.15, 0.2) is 17.5 Å². The maximum absolute atomic E-state index is 5.96. The zero-order chi connectivity index (χ0) is 19.9. The topological polar surface area (TPSA) is 77.0 Å². The second-order valence-corrected chi connectivity index (χ2v) is 7.33. The summed E-state index contributed by atoms with van der Waals surface area (Å²) in [6.45, 7) is 1.73. The number of halogens is 1. The van der Waals surface area contributed by atoms with Crippen LogP contribution in [-0.4, -0.2) is 43.4 Å². The number of guanidine groups is 1. The molecule has 1 aliphatic heterocycles. The van der Waals surface area contributed by atoms with E-state index in [9.17, 15) is 0 Å². The maximum atomic E-state index is 5.96. The second-order valence-electron chi connectivity index (χ2n) is 7.33. The highest BCUT2D eigenvalue weighted by Gasteiger charge is 2.20. The minimum atomic E-state index is -0.0721. The summed E-state index contributed by atoms with van der Waals surface area (Å²) in [5.74, 6) is 2.98. The van der Waals surface area contributed by atoms with Gasteiger partial charge in [-0.1, -0.05) is 18.2 Å². The number of pyridine rings is 1. The summed E-state index contributed by atoms with van der Waals surface area (Å²) < 4.78 is 17.6. The Kier molecular flexibility index (Phi) is 8.41. The van der Waals surface area contributed by atoms with Crippen LogP contribution < -0.4 is 24.8 Å². The van der Waals surface area contributed by atoms with E-state index < -0.39 is 0 Å². The van der Waals surface area contributed by atoms with Crippen molar-refractivity contribution in [1.82, 2.24) is 15.6 Å². The van der Waals surface area contributed by atoms with E-state index in [1.54, 1.807) is 7.05 Å². The van der Waals surface area contributed by atoms with Crippen LogP contribution in [0.5, 0.6) is 17.4 Å². The smallest absolute Gasteiger partial charge is 0.213 e. The number of hydrogen-bond donors (Lipinski definition) is 2. The number of rotatable bonds is 6. The van der Waals surface area contributed by atoms with Crippen molar-refractivity contribution in [2.24, 2.45) is 4.99 Å². The van der Waals surface area contributed by atoms with E-state index in [1.165, 1.54) is 12.8 Å². The van der Waals surface area contributed by atoms with Crippen molar-refractivity contribution >= 4 is 29.9 Å². The fraction of sp³-hybridized carbons (Fsp3) is 0.455. The predicted molar refractivity (Wildman–Crippen MR) is 127 cm³/mol. The van der Waals surface area contributed by atoms with Crippen LogP contribution in [0.25, 0.3) is 0 Å². The zero-order valence-corrected chi connectivity index (χ0v) is 19.5. The Bertz CT molecular complexity index is 825. The Hall–Kier alpha value is -2.23. The molecule has 1 saturated carbocycles. The van der Waals surface area contributed by atoms with Crippen molar-refractivity contribution < 1.29 is 14.2 Å². The van der Waals surface area contributed by atoms with Crippen molar-refractivity contribution in [3.63, 3.8) is 0 Å². The largest absolute Gasteiger partial charge is 0.486 e. The first kappa shape index (κ1) is 22.5. The molecule has 8 heteroatoms. The van der Waals surface area contributed by atoms with Crippen LogP contribution in [0.2, 0.25) is 0 Å². The lowest BCUT2D eigenvalue weighted by Crippen LogP contribution is -2.45. The number of nitrogens with one attached hydrogen (secondary N) is 2. The van der Waals surface area contributed by atoms with E-state index in [0.29, 0.717) is 37.6 Å². The van der Waals surface area contributed by atoms with Crippen LogP contribution in [-0.2, 0) is 6.54 Å². The van der Waals surface area contributed by atoms with Crippen LogP contribution >= 0.6 is 24.0 Å². The number of hydrogen-bond acceptors (Lipinski definition) is 5. The normalized spacial score (nSPS) is 18.4. The fourth-order valence-corrected chi connectivity index (χ4v) is 3.54. The van der Waals surface area contributed by atoms with Crippen LogP contribution in [0.4, 0.5) is 0 Å². The van der Waals surface area contributed by atoms with Gasteiger partial charge in [-0.2, -0.15) is 0 Å². The summed E-state index contributed by atoms with van der Waals surface area (Å²) in [5, 5.41) is 6.59. The first-order valence-electron chi connectivity index (χ1n) is 10.2. The maximum Gasteiger partial charge on any atom is 0.213 e. The second kappa shape index (κ2) is 11.2. The molecule has 1 atom stereocenters. The summed E-state index contributed by atoms with van der Waals surface area (Å²) in [7, 11) is 1.75. The minimum Gasteiger partial charge on any atom is -0.486 e. The van der Waals surface area contributed by atoms with Gasteiger partial charge in [0.2, 0.25) is 5.88 Å². The highest BCUT2D eigenvalue weighted by atomic mass is 127. The molecule has 0 spiro atoms. The molecule has 1 aromatic heterocycles. The average molecular weight is 524 g/mol. The Morgan fingerprint density at radius 1 is 1.13 bits per heavy atom. The number of para-hydroxylation sites is 2. The van der Waals surface area contributed by atoms with Crippen LogP contribution in [0, 0.1) is 0 Å². The Morgan fingerprint density at radius 3 is 2.67 bits per heavy atom. The summed E-state index contributed by atoms with van der Waals surface area (Å²) >= 11 is 0. The van der Waals surface area contributed by atoms with Crippen LogP contribution in [0.1, 0.15) is 31.2 Å². The molecule has 0 amide bonds. The lowest BCUT2D eigenvalue weighted by Gasteiger charge is -2.27. The molecule has 30 heavy (non-hydrogen) atoms. The lowest BCUT2D eigenvalue weighted by atomic mass is 10.2. The molecule has 2 aliphatic rings. The summed E-state index contributed by atoms with van der Waals surface area (Å²) in [6, 6.07) is 11.7. The molecule has 1 aliphatic carbocycles. The van der Waals surface area contributed by atoms with E-state index >= 15 is 0 Å². The molecular formula is C22H29IN4O3. The summed E-state index contributed by atoms with van der Waals surface area (Å²) in [4.78, 5) is 8.70. The van der Waals surface area contributed by atoms with Gasteiger partial charge in [-0.3, -0.25) is 4.99 Å². The Balaban J connectivity index is 0.00000256. The zero-order valence-electron chi connectivity index (χ0n) is 17.2. The average Bonchev–Trinajstić information content (AvgIpc) is 3.28. The number of fused-ring (bicyclic) bond motifs is 1. The molecule has 0 saturated heterocycles. The number of ether oxygens (including phenoxy) is 3. The molecule has 1 unspecified atom stereocenters. The number of aromatic nitrogens is 1. The standard InChI is InChI=1S/C22H28N4O3.HI/c1-23-22(26-14-18-15-27-19-8-4-5-9-20(19)28-18)25-13-16-10-11-21(24-12-16)29-17-6-2-3-7-17;/h4-5,8-12,17-18H,2-3,6-7,13-15H2,1H3,(H2,23,25,26);1H. The van der Waals surface area contributed by atoms with Gasteiger partial charge >= 0.3 is 0 Å². The third-order valence-electron chi connectivity index (χ3n) is 5.14. The monoisotopic (exact) mass is 524 g/mol. The predicted octanol–water partition coefficient (Wildman–Crippen LogP) is 3.53. The first-order chi connectivity index (χ1) is 14.3. The number of benzene rings is 1. The molecule has 1 aromatic carbocycles. The molecule has 1 fully saturated rings. The van der Waals surface area contributed by atoms with Crippen molar-refractivity contribution in [3.8, 4) is 17.4 Å². The molecule has 2 N–H and O–H groups in total. The van der Waals surface area contributed by atoms with E-state index in [0.717, 1.165) is 29.9 Å². The van der Waals surface area contributed by atoms with Crippen molar-refractivity contribution in [2.45, 2.75) is 44.4 Å². The lowest BCUT2D eigenvalue weighted by molar-refractivity contribution is 0.0936. The molecule has 7 nitrogen and oxygen atoms in total. The Labute approximate surface area is 194 Å². The Morgan fingerprint density at radius 2 is 1.93 bits per heavy atom. The van der Waals surface area contributed by atoms with Gasteiger partial charge in [0.1, 0.15) is 18.8 Å². The molecular weight excluding hydrogens is 495 g/mol. The van der Waals surface area contributed by atoms with E-state index in [4.69, 9.17) is 14.2 Å². The third kappa shape index (κ3) is 6.13. The van der Waals surface area contributed by atoms with E-state index in [2.05, 4.69) is 20.6 Å². The fourth-order valence-electron chi connectivity index (χ4n) is 3.54. The van der Waals surface area contributed by atoms with Crippen molar-refractivity contribution in [2.75, 3.05) is 20.2 Å². The molecule has 162 valence electrons. The van der Waals surface area contributed by atoms with Gasteiger partial charge in [-0.05, 0) is 43.4 Å². The van der Waals surface area contributed by atoms with Gasteiger partial charge in [-0.25, -0.2) is 4.98 Å². The third-order valence-corrected chi connectivity index (χ3v) is 5.14. The van der Waals surface area contributed by atoms with Gasteiger partial charge in [0, 0.05) is 25.9 Å². The van der Waals surface area contributed by atoms with E-state index in [1.807, 2.05) is 42.6 Å². The molecule has 0 radical (unpaired) electrons. The highest BCUT2D eigenvalue weighted by molar-refractivity contribution is 14.0. The molecule has 2 aromatic rings. The van der Waals surface area contributed by atoms with E-state index in [-0.39, 0.29) is 30.1 Å². The summed E-state index contributed by atoms with van der Waals surface area (Å²) in [5.41, 5.74) is 1.07. The molecule has 2 heterocycles. The first-order valence-corrected chi connectivity index (χ1v) is 10.2. The van der Waals surface area contributed by atoms with Gasteiger partial charge in [0.25, 0.3) is 0 Å². The number of aliphatic imine (C=N–C) groups is 1. The number of nitrogens with zero attached hydrogens (tertiary/aromatic N) is 2.